The number of halogens is 3. The Labute approximate surface area is 169 Å². The molecule has 2 fully saturated rings. The molecule has 29 heavy (non-hydrogen) atoms. The number of imidazole rings is 1. The van der Waals surface area contributed by atoms with E-state index in [0.29, 0.717) is 12.8 Å². The minimum atomic E-state index is -4.59. The molecule has 1 saturated carbocycles. The molecule has 0 aromatic carbocycles. The molecular weight excluding hydrogens is 407 g/mol. The van der Waals surface area contributed by atoms with Crippen LogP contribution in [-0.4, -0.2) is 51.2 Å². The number of fused-ring (bicyclic) bond motifs is 1. The van der Waals surface area contributed by atoms with Crippen molar-refractivity contribution in [2.45, 2.75) is 43.5 Å². The molecule has 3 rings (SSSR count). The molecule has 0 bridgehead atoms. The van der Waals surface area contributed by atoms with Gasteiger partial charge in [0.05, 0.1) is 12.2 Å². The van der Waals surface area contributed by atoms with E-state index >= 15 is 0 Å². The molecule has 0 radical (unpaired) electrons. The maximum Gasteiger partial charge on any atom is 0.405 e. The maximum atomic E-state index is 13.0. The zero-order valence-electron chi connectivity index (χ0n) is 15.6. The van der Waals surface area contributed by atoms with E-state index in [1.165, 1.54) is 16.7 Å². The predicted octanol–water partition coefficient (Wildman–Crippen LogP) is 2.67. The first-order valence-corrected chi connectivity index (χ1v) is 10.1. The van der Waals surface area contributed by atoms with Crippen LogP contribution >= 0.6 is 11.8 Å². The lowest BCUT2D eigenvalue weighted by molar-refractivity contribution is -0.136. The van der Waals surface area contributed by atoms with Crippen molar-refractivity contribution in [2.24, 2.45) is 5.92 Å². The molecule has 7 nitrogen and oxygen atoms in total. The molecule has 3 unspecified atom stereocenters. The molecule has 156 valence electrons. The summed E-state index contributed by atoms with van der Waals surface area (Å²) < 4.78 is 37.3. The first-order valence-electron chi connectivity index (χ1n) is 9.20. The Bertz CT molecular complexity index is 847. The van der Waals surface area contributed by atoms with Gasteiger partial charge in [-0.2, -0.15) is 18.4 Å². The Balaban J connectivity index is 1.86. The van der Waals surface area contributed by atoms with Gasteiger partial charge in [0.2, 0.25) is 5.91 Å². The number of amides is 2. The van der Waals surface area contributed by atoms with Crippen LogP contribution in [0.2, 0.25) is 0 Å². The normalized spacial score (nSPS) is 26.5. The molecule has 2 aliphatic rings. The van der Waals surface area contributed by atoms with Crippen LogP contribution in [0, 0.1) is 17.2 Å². The molecule has 1 saturated heterocycles. The van der Waals surface area contributed by atoms with Gasteiger partial charge in [-0.1, -0.05) is 0 Å². The third kappa shape index (κ3) is 4.58. The van der Waals surface area contributed by atoms with Gasteiger partial charge in [0.1, 0.15) is 23.2 Å². The first kappa shape index (κ1) is 21.2. The van der Waals surface area contributed by atoms with Gasteiger partial charge >= 0.3 is 6.18 Å². The summed E-state index contributed by atoms with van der Waals surface area (Å²) in [5, 5.41) is 11.2. The molecule has 11 heteroatoms. The molecule has 0 spiro atoms. The number of nitriles is 1. The zero-order chi connectivity index (χ0) is 21.2. The van der Waals surface area contributed by atoms with Gasteiger partial charge in [0, 0.05) is 29.6 Å². The second-order valence-electron chi connectivity index (χ2n) is 6.95. The lowest BCUT2D eigenvalue weighted by atomic mass is 9.79. The number of aromatic amines is 1. The van der Waals surface area contributed by atoms with Gasteiger partial charge < -0.3 is 15.2 Å². The molecule has 1 aromatic rings. The maximum absolute atomic E-state index is 13.0. The zero-order valence-corrected chi connectivity index (χ0v) is 16.4. The summed E-state index contributed by atoms with van der Waals surface area (Å²) in [4.78, 5) is 33.7. The molecule has 2 heterocycles. The minimum absolute atomic E-state index is 0.131. The number of alkyl halides is 3. The topological polar surface area (TPSA) is 102 Å². The Hall–Kier alpha value is -2.48. The van der Waals surface area contributed by atoms with E-state index in [4.69, 9.17) is 0 Å². The third-order valence-electron chi connectivity index (χ3n) is 5.16. The number of H-pyrrole nitrogens is 1. The van der Waals surface area contributed by atoms with Gasteiger partial charge in [0.15, 0.2) is 0 Å². The highest BCUT2D eigenvalue weighted by Gasteiger charge is 2.45. The van der Waals surface area contributed by atoms with Crippen LogP contribution in [0.25, 0.3) is 0 Å². The quantitative estimate of drug-likeness (QED) is 0.568. The minimum Gasteiger partial charge on any atom is -0.348 e. The molecule has 1 aliphatic carbocycles. The summed E-state index contributed by atoms with van der Waals surface area (Å²) in [5.41, 5.74) is 0.500. The van der Waals surface area contributed by atoms with Crippen LogP contribution in [0.4, 0.5) is 13.2 Å². The van der Waals surface area contributed by atoms with Crippen molar-refractivity contribution in [3.8, 4) is 6.07 Å². The summed E-state index contributed by atoms with van der Waals surface area (Å²) in [7, 11) is 0. The van der Waals surface area contributed by atoms with Crippen molar-refractivity contribution in [1.29, 1.82) is 5.26 Å². The number of hydrogen-bond acceptors (Lipinski definition) is 5. The number of rotatable bonds is 4. The Morgan fingerprint density at radius 1 is 1.48 bits per heavy atom. The van der Waals surface area contributed by atoms with Crippen molar-refractivity contribution in [1.82, 2.24) is 20.2 Å². The summed E-state index contributed by atoms with van der Waals surface area (Å²) in [6.07, 6.45) is 0.847. The number of carbonyl (C=O) groups is 2. The number of nitrogens with zero attached hydrogens (tertiary/aromatic N) is 3. The number of aromatic nitrogens is 2. The Morgan fingerprint density at radius 2 is 2.24 bits per heavy atom. The van der Waals surface area contributed by atoms with E-state index in [2.05, 4.69) is 9.97 Å². The van der Waals surface area contributed by atoms with Crippen molar-refractivity contribution < 1.29 is 22.8 Å². The third-order valence-corrected chi connectivity index (χ3v) is 6.63. The molecule has 1 aromatic heterocycles. The van der Waals surface area contributed by atoms with Crippen LogP contribution in [0.15, 0.2) is 23.1 Å². The fourth-order valence-corrected chi connectivity index (χ4v) is 5.41. The molecule has 3 atom stereocenters. The van der Waals surface area contributed by atoms with E-state index < -0.39 is 24.2 Å². The fourth-order valence-electron chi connectivity index (χ4n) is 3.78. The van der Waals surface area contributed by atoms with Crippen molar-refractivity contribution >= 4 is 23.6 Å². The van der Waals surface area contributed by atoms with Gasteiger partial charge in [-0.05, 0) is 26.2 Å². The SMILES string of the molecule is CCN1C(=O)C2CCC(c3cnc[nH]3)CC2S/C1=C(/C#N)C(=O)NCC(F)(F)F. The number of carbonyl (C=O) groups excluding carboxylic acids is 2. The number of hydrogen-bond donors (Lipinski definition) is 2. The van der Waals surface area contributed by atoms with Gasteiger partial charge in [-0.15, -0.1) is 11.8 Å². The van der Waals surface area contributed by atoms with Gasteiger partial charge in [-0.25, -0.2) is 4.98 Å². The highest BCUT2D eigenvalue weighted by molar-refractivity contribution is 8.03. The van der Waals surface area contributed by atoms with E-state index in [9.17, 15) is 28.0 Å². The molecule has 1 aliphatic heterocycles. The predicted molar refractivity (Wildman–Crippen MR) is 99.1 cm³/mol. The number of thioether (sulfide) groups is 1. The Kier molecular flexibility index (Phi) is 6.21. The van der Waals surface area contributed by atoms with Gasteiger partial charge in [-0.3, -0.25) is 9.59 Å². The van der Waals surface area contributed by atoms with E-state index in [-0.39, 0.29) is 34.6 Å². The largest absolute Gasteiger partial charge is 0.405 e. The summed E-state index contributed by atoms with van der Waals surface area (Å²) in [6.45, 7) is 0.396. The number of nitrogens with one attached hydrogen (secondary N) is 2. The highest BCUT2D eigenvalue weighted by Crippen LogP contribution is 2.48. The van der Waals surface area contributed by atoms with Gasteiger partial charge in [0.25, 0.3) is 5.91 Å². The highest BCUT2D eigenvalue weighted by atomic mass is 32.2. The Morgan fingerprint density at radius 3 is 2.83 bits per heavy atom. The van der Waals surface area contributed by atoms with E-state index in [1.54, 1.807) is 30.8 Å². The average molecular weight is 427 g/mol. The summed E-state index contributed by atoms with van der Waals surface area (Å²) >= 11 is 1.23. The fraction of sp³-hybridized carbons (Fsp3) is 0.556. The standard InChI is InChI=1S/C18H20F3N5O2S/c1-2-26-16(28)11-4-3-10(13-7-23-9-25-13)5-14(11)29-17(26)12(6-22)15(27)24-8-18(19,20)21/h7,9-11,14H,2-5,8H2,1H3,(H,23,25)(H,24,27)/b17-12-. The van der Waals surface area contributed by atoms with E-state index in [1.807, 2.05) is 0 Å². The second-order valence-corrected chi connectivity index (χ2v) is 8.18. The molecule has 2 amide bonds. The smallest absolute Gasteiger partial charge is 0.348 e. The van der Waals surface area contributed by atoms with Crippen LogP contribution < -0.4 is 5.32 Å². The average Bonchev–Trinajstić information content (AvgIpc) is 3.21. The summed E-state index contributed by atoms with van der Waals surface area (Å²) in [6, 6.07) is 1.70. The van der Waals surface area contributed by atoms with Crippen LogP contribution in [0.5, 0.6) is 0 Å². The van der Waals surface area contributed by atoms with E-state index in [0.717, 1.165) is 12.1 Å². The molecular formula is C18H20F3N5O2S. The van der Waals surface area contributed by atoms with Crippen LogP contribution in [0.1, 0.15) is 37.8 Å². The van der Waals surface area contributed by atoms with Crippen LogP contribution in [-0.2, 0) is 9.59 Å². The van der Waals surface area contributed by atoms with Crippen molar-refractivity contribution in [2.75, 3.05) is 13.1 Å². The second kappa shape index (κ2) is 8.49. The first-order chi connectivity index (χ1) is 13.7. The van der Waals surface area contributed by atoms with Crippen molar-refractivity contribution in [3.63, 3.8) is 0 Å². The lowest BCUT2D eigenvalue weighted by Gasteiger charge is -2.43. The lowest BCUT2D eigenvalue weighted by Crippen LogP contribution is -2.47. The molecule has 2 N–H and O–H groups in total. The monoisotopic (exact) mass is 427 g/mol. The summed E-state index contributed by atoms with van der Waals surface area (Å²) in [5.74, 6) is -1.40. The van der Waals surface area contributed by atoms with Crippen molar-refractivity contribution in [3.05, 3.63) is 28.8 Å². The van der Waals surface area contributed by atoms with Crippen LogP contribution in [0.3, 0.4) is 0 Å².